The van der Waals surface area contributed by atoms with Crippen LogP contribution in [0, 0.1) is 0 Å². The Bertz CT molecular complexity index is 522. The number of rotatable bonds is 2. The van der Waals surface area contributed by atoms with E-state index in [1.54, 1.807) is 0 Å². The average molecular weight is 270 g/mol. The first kappa shape index (κ1) is 11.0. The number of hydrogen-bond acceptors (Lipinski definition) is 5. The smallest absolute Gasteiger partial charge is 0.318 e. The van der Waals surface area contributed by atoms with Gasteiger partial charge in [0.05, 0.1) is 0 Å². The van der Waals surface area contributed by atoms with Crippen LogP contribution < -0.4 is 4.90 Å². The van der Waals surface area contributed by atoms with Crippen molar-refractivity contribution in [3.63, 3.8) is 0 Å². The minimum atomic E-state index is -0.238. The SMILES string of the molecule is CC(Cl)c1nnc(N2CCc3sccc3C2)o1. The third-order valence-electron chi connectivity index (χ3n) is 2.85. The maximum absolute atomic E-state index is 5.91. The lowest BCUT2D eigenvalue weighted by molar-refractivity contribution is 0.479. The zero-order valence-corrected chi connectivity index (χ0v) is 11.0. The van der Waals surface area contributed by atoms with E-state index in [4.69, 9.17) is 16.0 Å². The van der Waals surface area contributed by atoms with Crippen molar-refractivity contribution in [2.75, 3.05) is 11.4 Å². The van der Waals surface area contributed by atoms with E-state index in [2.05, 4.69) is 26.5 Å². The Balaban J connectivity index is 1.82. The van der Waals surface area contributed by atoms with E-state index in [0.29, 0.717) is 11.9 Å². The molecule has 0 radical (unpaired) electrons. The second-order valence-electron chi connectivity index (χ2n) is 4.08. The molecule has 1 aliphatic heterocycles. The fourth-order valence-corrected chi connectivity index (χ4v) is 2.90. The van der Waals surface area contributed by atoms with Gasteiger partial charge in [0.2, 0.25) is 5.89 Å². The third kappa shape index (κ3) is 2.05. The largest absolute Gasteiger partial charge is 0.406 e. The van der Waals surface area contributed by atoms with E-state index in [0.717, 1.165) is 19.5 Å². The topological polar surface area (TPSA) is 42.2 Å². The molecule has 0 saturated carbocycles. The molecule has 6 heteroatoms. The Labute approximate surface area is 108 Å². The molecule has 1 aliphatic rings. The number of nitrogens with zero attached hydrogens (tertiary/aromatic N) is 3. The molecule has 90 valence electrons. The summed E-state index contributed by atoms with van der Waals surface area (Å²) in [7, 11) is 0. The van der Waals surface area contributed by atoms with Crippen LogP contribution in [0.2, 0.25) is 0 Å². The van der Waals surface area contributed by atoms with Gasteiger partial charge in [-0.05, 0) is 30.4 Å². The maximum atomic E-state index is 5.91. The van der Waals surface area contributed by atoms with Crippen LogP contribution in [0.15, 0.2) is 15.9 Å². The van der Waals surface area contributed by atoms with Gasteiger partial charge >= 0.3 is 6.01 Å². The molecule has 2 aromatic rings. The Kier molecular flexibility index (Phi) is 2.80. The van der Waals surface area contributed by atoms with E-state index in [-0.39, 0.29) is 5.38 Å². The average Bonchev–Trinajstić information content (AvgIpc) is 2.97. The molecule has 0 spiro atoms. The van der Waals surface area contributed by atoms with Crippen LogP contribution in [0.4, 0.5) is 6.01 Å². The normalized spacial score (nSPS) is 16.9. The van der Waals surface area contributed by atoms with Crippen molar-refractivity contribution < 1.29 is 4.42 Å². The summed E-state index contributed by atoms with van der Waals surface area (Å²) >= 11 is 7.72. The Morgan fingerprint density at radius 1 is 1.53 bits per heavy atom. The first-order chi connectivity index (χ1) is 8.24. The Morgan fingerprint density at radius 2 is 2.41 bits per heavy atom. The minimum Gasteiger partial charge on any atom is -0.406 e. The number of alkyl halides is 1. The van der Waals surface area contributed by atoms with Gasteiger partial charge in [0.15, 0.2) is 0 Å². The van der Waals surface area contributed by atoms with Crippen molar-refractivity contribution in [3.8, 4) is 0 Å². The predicted molar refractivity (Wildman–Crippen MR) is 67.6 cm³/mol. The van der Waals surface area contributed by atoms with E-state index in [1.165, 1.54) is 10.4 Å². The lowest BCUT2D eigenvalue weighted by atomic mass is 10.1. The van der Waals surface area contributed by atoms with Crippen molar-refractivity contribution >= 4 is 29.0 Å². The summed E-state index contributed by atoms with van der Waals surface area (Å²) < 4.78 is 5.55. The van der Waals surface area contributed by atoms with Crippen LogP contribution in [0.1, 0.15) is 28.6 Å². The summed E-state index contributed by atoms with van der Waals surface area (Å²) in [4.78, 5) is 3.57. The molecule has 3 heterocycles. The number of anilines is 1. The molecular formula is C11H12ClN3OS. The standard InChI is InChI=1S/C11H12ClN3OS/c1-7(12)10-13-14-11(16-10)15-4-2-9-8(6-15)3-5-17-9/h3,5,7H,2,4,6H2,1H3. The van der Waals surface area contributed by atoms with Crippen LogP contribution >= 0.6 is 22.9 Å². The highest BCUT2D eigenvalue weighted by molar-refractivity contribution is 7.10. The molecule has 0 bridgehead atoms. The molecular weight excluding hydrogens is 258 g/mol. The van der Waals surface area contributed by atoms with Gasteiger partial charge in [-0.2, -0.15) is 0 Å². The van der Waals surface area contributed by atoms with Crippen LogP contribution in [-0.2, 0) is 13.0 Å². The summed E-state index contributed by atoms with van der Waals surface area (Å²) in [5, 5.41) is 9.89. The molecule has 4 nitrogen and oxygen atoms in total. The molecule has 0 amide bonds. The third-order valence-corrected chi connectivity index (χ3v) is 4.06. The highest BCUT2D eigenvalue weighted by Crippen LogP contribution is 2.28. The fourth-order valence-electron chi connectivity index (χ4n) is 1.93. The predicted octanol–water partition coefficient (Wildman–Crippen LogP) is 2.99. The number of aromatic nitrogens is 2. The summed E-state index contributed by atoms with van der Waals surface area (Å²) in [5.41, 5.74) is 1.36. The van der Waals surface area contributed by atoms with Crippen LogP contribution in [-0.4, -0.2) is 16.7 Å². The fraction of sp³-hybridized carbons (Fsp3) is 0.455. The number of hydrogen-bond donors (Lipinski definition) is 0. The van der Waals surface area contributed by atoms with E-state index in [1.807, 2.05) is 18.3 Å². The lowest BCUT2D eigenvalue weighted by Gasteiger charge is -2.24. The van der Waals surface area contributed by atoms with Crippen molar-refractivity contribution in [3.05, 3.63) is 27.8 Å². The maximum Gasteiger partial charge on any atom is 0.318 e. The van der Waals surface area contributed by atoms with Crippen LogP contribution in [0.3, 0.4) is 0 Å². The summed E-state index contributed by atoms with van der Waals surface area (Å²) in [5.74, 6) is 0.484. The van der Waals surface area contributed by atoms with Crippen LogP contribution in [0.25, 0.3) is 0 Å². The summed E-state index contributed by atoms with van der Waals surface area (Å²) in [6.45, 7) is 3.59. The zero-order valence-electron chi connectivity index (χ0n) is 9.39. The van der Waals surface area contributed by atoms with E-state index in [9.17, 15) is 0 Å². The number of fused-ring (bicyclic) bond motifs is 1. The number of halogens is 1. The molecule has 1 atom stereocenters. The molecule has 3 rings (SSSR count). The molecule has 17 heavy (non-hydrogen) atoms. The Morgan fingerprint density at radius 3 is 3.18 bits per heavy atom. The van der Waals surface area contributed by atoms with Gasteiger partial charge in [0.25, 0.3) is 0 Å². The molecule has 2 aromatic heterocycles. The second kappa shape index (κ2) is 4.31. The van der Waals surface area contributed by atoms with E-state index >= 15 is 0 Å². The van der Waals surface area contributed by atoms with Gasteiger partial charge in [0, 0.05) is 18.0 Å². The van der Waals surface area contributed by atoms with Gasteiger partial charge < -0.3 is 9.32 Å². The second-order valence-corrected chi connectivity index (χ2v) is 5.73. The monoisotopic (exact) mass is 269 g/mol. The van der Waals surface area contributed by atoms with E-state index < -0.39 is 0 Å². The summed E-state index contributed by atoms with van der Waals surface area (Å²) in [6.07, 6.45) is 1.04. The van der Waals surface area contributed by atoms with Gasteiger partial charge in [-0.25, -0.2) is 0 Å². The Hall–Kier alpha value is -1.07. The summed E-state index contributed by atoms with van der Waals surface area (Å²) in [6, 6.07) is 2.73. The van der Waals surface area contributed by atoms with Crippen molar-refractivity contribution in [2.24, 2.45) is 0 Å². The molecule has 0 fully saturated rings. The van der Waals surface area contributed by atoms with Crippen molar-refractivity contribution in [2.45, 2.75) is 25.3 Å². The highest BCUT2D eigenvalue weighted by atomic mass is 35.5. The first-order valence-corrected chi connectivity index (χ1v) is 6.83. The molecule has 0 saturated heterocycles. The van der Waals surface area contributed by atoms with Crippen LogP contribution in [0.5, 0.6) is 0 Å². The van der Waals surface area contributed by atoms with Gasteiger partial charge in [-0.15, -0.1) is 28.0 Å². The molecule has 0 aromatic carbocycles. The van der Waals surface area contributed by atoms with Gasteiger partial charge in [-0.3, -0.25) is 0 Å². The zero-order chi connectivity index (χ0) is 11.8. The first-order valence-electron chi connectivity index (χ1n) is 5.51. The molecule has 0 N–H and O–H groups in total. The van der Waals surface area contributed by atoms with Gasteiger partial charge in [0.1, 0.15) is 5.38 Å². The minimum absolute atomic E-state index is 0.238. The molecule has 1 unspecified atom stereocenters. The molecule has 0 aliphatic carbocycles. The highest BCUT2D eigenvalue weighted by Gasteiger charge is 2.22. The van der Waals surface area contributed by atoms with Crippen molar-refractivity contribution in [1.29, 1.82) is 0 Å². The van der Waals surface area contributed by atoms with Crippen molar-refractivity contribution in [1.82, 2.24) is 10.2 Å². The lowest BCUT2D eigenvalue weighted by Crippen LogP contribution is -2.29. The quantitative estimate of drug-likeness (QED) is 0.786. The number of thiophene rings is 1. The van der Waals surface area contributed by atoms with Gasteiger partial charge in [-0.1, -0.05) is 5.10 Å².